The molecule has 2 rings (SSSR count). The summed E-state index contributed by atoms with van der Waals surface area (Å²) in [6.45, 7) is 8.17. The van der Waals surface area contributed by atoms with Gasteiger partial charge in [-0.25, -0.2) is 4.98 Å². The van der Waals surface area contributed by atoms with Crippen LogP contribution < -0.4 is 10.6 Å². The number of anilines is 2. The van der Waals surface area contributed by atoms with Crippen molar-refractivity contribution in [2.75, 3.05) is 10.6 Å². The zero-order chi connectivity index (χ0) is 15.5. The van der Waals surface area contributed by atoms with Gasteiger partial charge in [-0.15, -0.1) is 0 Å². The number of aryl methyl sites for hydroxylation is 1. The second kappa shape index (κ2) is 5.95. The van der Waals surface area contributed by atoms with Crippen LogP contribution in [0, 0.1) is 6.92 Å². The minimum Gasteiger partial charge on any atom is -0.379 e. The molecule has 2 N–H and O–H groups in total. The van der Waals surface area contributed by atoms with E-state index in [4.69, 9.17) is 0 Å². The zero-order valence-electron chi connectivity index (χ0n) is 12.9. The predicted molar refractivity (Wildman–Crippen MR) is 86.7 cm³/mol. The van der Waals surface area contributed by atoms with E-state index in [0.717, 1.165) is 11.3 Å². The Morgan fingerprint density at radius 1 is 1.10 bits per heavy atom. The molecule has 4 heteroatoms. The smallest absolute Gasteiger partial charge is 0.257 e. The molecule has 0 radical (unpaired) electrons. The monoisotopic (exact) mass is 283 g/mol. The molecular weight excluding hydrogens is 262 g/mol. The summed E-state index contributed by atoms with van der Waals surface area (Å²) in [5.41, 5.74) is 2.52. The van der Waals surface area contributed by atoms with Crippen LogP contribution in [0.4, 0.5) is 11.5 Å². The summed E-state index contributed by atoms with van der Waals surface area (Å²) >= 11 is 0. The van der Waals surface area contributed by atoms with Gasteiger partial charge in [0.05, 0.1) is 11.9 Å². The van der Waals surface area contributed by atoms with E-state index in [-0.39, 0.29) is 11.4 Å². The molecule has 1 amide bonds. The van der Waals surface area contributed by atoms with Crippen molar-refractivity contribution in [1.82, 2.24) is 4.98 Å². The lowest BCUT2D eigenvalue weighted by atomic mass is 10.1. The average molecular weight is 283 g/mol. The van der Waals surface area contributed by atoms with Crippen molar-refractivity contribution in [3.63, 3.8) is 0 Å². The lowest BCUT2D eigenvalue weighted by Gasteiger charge is -2.21. The first-order valence-electron chi connectivity index (χ1n) is 6.96. The van der Waals surface area contributed by atoms with Crippen LogP contribution in [0.3, 0.4) is 0 Å². The summed E-state index contributed by atoms with van der Waals surface area (Å²) < 4.78 is 0. The minimum absolute atomic E-state index is 0.0202. The molecule has 4 nitrogen and oxygen atoms in total. The molecule has 21 heavy (non-hydrogen) atoms. The van der Waals surface area contributed by atoms with Gasteiger partial charge >= 0.3 is 0 Å². The molecule has 0 fully saturated rings. The second-order valence-electron chi connectivity index (χ2n) is 6.08. The van der Waals surface area contributed by atoms with Crippen LogP contribution in [0.2, 0.25) is 0 Å². The van der Waals surface area contributed by atoms with E-state index in [1.165, 1.54) is 0 Å². The molecule has 0 unspecified atom stereocenters. The first kappa shape index (κ1) is 15.0. The third kappa shape index (κ3) is 4.31. The molecule has 1 aromatic carbocycles. The summed E-state index contributed by atoms with van der Waals surface area (Å²) in [5.74, 6) is 0.403. The number of benzene rings is 1. The summed E-state index contributed by atoms with van der Waals surface area (Å²) in [7, 11) is 0. The normalized spacial score (nSPS) is 11.0. The Hall–Kier alpha value is -2.36. The lowest BCUT2D eigenvalue weighted by molar-refractivity contribution is 0.102. The largest absolute Gasteiger partial charge is 0.379 e. The van der Waals surface area contributed by atoms with Crippen LogP contribution in [0.5, 0.6) is 0 Å². The van der Waals surface area contributed by atoms with E-state index in [1.54, 1.807) is 18.3 Å². The highest BCUT2D eigenvalue weighted by molar-refractivity contribution is 6.04. The van der Waals surface area contributed by atoms with Gasteiger partial charge in [0.1, 0.15) is 5.82 Å². The van der Waals surface area contributed by atoms with Crippen LogP contribution in [0.25, 0.3) is 0 Å². The molecule has 0 spiro atoms. The number of rotatable bonds is 3. The fourth-order valence-electron chi connectivity index (χ4n) is 1.99. The predicted octanol–water partition coefficient (Wildman–Crippen LogP) is 3.85. The Morgan fingerprint density at radius 3 is 2.38 bits per heavy atom. The first-order valence-corrected chi connectivity index (χ1v) is 6.96. The van der Waals surface area contributed by atoms with Gasteiger partial charge in [-0.3, -0.25) is 4.79 Å². The van der Waals surface area contributed by atoms with Gasteiger partial charge in [0.15, 0.2) is 0 Å². The SMILES string of the molecule is Cc1ccccc1C(=O)Nc1ccc(NC(C)(C)C)cn1. The third-order valence-electron chi connectivity index (χ3n) is 2.91. The molecule has 2 aromatic rings. The van der Waals surface area contributed by atoms with E-state index in [0.29, 0.717) is 11.4 Å². The zero-order valence-corrected chi connectivity index (χ0v) is 12.9. The number of aromatic nitrogens is 1. The third-order valence-corrected chi connectivity index (χ3v) is 2.91. The second-order valence-corrected chi connectivity index (χ2v) is 6.08. The molecule has 110 valence electrons. The van der Waals surface area contributed by atoms with E-state index in [2.05, 4.69) is 36.4 Å². The van der Waals surface area contributed by atoms with Gasteiger partial charge in [0.25, 0.3) is 5.91 Å². The maximum atomic E-state index is 12.2. The molecule has 0 atom stereocenters. The minimum atomic E-state index is -0.142. The van der Waals surface area contributed by atoms with Crippen molar-refractivity contribution in [3.05, 3.63) is 53.7 Å². The standard InChI is InChI=1S/C17H21N3O/c1-12-7-5-6-8-14(12)16(21)19-15-10-9-13(11-18-15)20-17(2,3)4/h5-11,20H,1-4H3,(H,18,19,21). The fraction of sp³-hybridized carbons (Fsp3) is 0.294. The maximum Gasteiger partial charge on any atom is 0.257 e. The number of carbonyl (C=O) groups excluding carboxylic acids is 1. The molecule has 0 saturated carbocycles. The van der Waals surface area contributed by atoms with Crippen molar-refractivity contribution >= 4 is 17.4 Å². The molecular formula is C17H21N3O. The number of carbonyl (C=O) groups is 1. The first-order chi connectivity index (χ1) is 9.85. The fourth-order valence-corrected chi connectivity index (χ4v) is 1.99. The summed E-state index contributed by atoms with van der Waals surface area (Å²) in [5, 5.41) is 6.14. The van der Waals surface area contributed by atoms with Crippen LogP contribution >= 0.6 is 0 Å². The highest BCUT2D eigenvalue weighted by atomic mass is 16.1. The number of nitrogens with one attached hydrogen (secondary N) is 2. The van der Waals surface area contributed by atoms with E-state index >= 15 is 0 Å². The number of hydrogen-bond acceptors (Lipinski definition) is 3. The number of nitrogens with zero attached hydrogens (tertiary/aromatic N) is 1. The van der Waals surface area contributed by atoms with E-state index < -0.39 is 0 Å². The van der Waals surface area contributed by atoms with Crippen LogP contribution in [-0.2, 0) is 0 Å². The Morgan fingerprint density at radius 2 is 1.81 bits per heavy atom. The van der Waals surface area contributed by atoms with Gasteiger partial charge in [0.2, 0.25) is 0 Å². The van der Waals surface area contributed by atoms with E-state index in [9.17, 15) is 4.79 Å². The van der Waals surface area contributed by atoms with Gasteiger partial charge in [-0.1, -0.05) is 18.2 Å². The van der Waals surface area contributed by atoms with Crippen molar-refractivity contribution < 1.29 is 4.79 Å². The number of hydrogen-bond donors (Lipinski definition) is 2. The van der Waals surface area contributed by atoms with Gasteiger partial charge in [-0.05, 0) is 51.5 Å². The molecule has 0 aliphatic carbocycles. The molecule has 1 aromatic heterocycles. The van der Waals surface area contributed by atoms with Gasteiger partial charge in [0, 0.05) is 11.1 Å². The summed E-state index contributed by atoms with van der Waals surface area (Å²) in [4.78, 5) is 16.4. The Kier molecular flexibility index (Phi) is 4.26. The molecule has 1 heterocycles. The van der Waals surface area contributed by atoms with Crippen molar-refractivity contribution in [3.8, 4) is 0 Å². The Bertz CT molecular complexity index is 627. The quantitative estimate of drug-likeness (QED) is 0.899. The van der Waals surface area contributed by atoms with Crippen molar-refractivity contribution in [2.24, 2.45) is 0 Å². The van der Waals surface area contributed by atoms with Crippen molar-refractivity contribution in [1.29, 1.82) is 0 Å². The van der Waals surface area contributed by atoms with Gasteiger partial charge in [-0.2, -0.15) is 0 Å². The summed E-state index contributed by atoms with van der Waals surface area (Å²) in [6.07, 6.45) is 1.72. The van der Waals surface area contributed by atoms with Gasteiger partial charge < -0.3 is 10.6 Å². The maximum absolute atomic E-state index is 12.2. The molecule has 0 aliphatic heterocycles. The highest BCUT2D eigenvalue weighted by Crippen LogP contribution is 2.16. The van der Waals surface area contributed by atoms with Crippen LogP contribution in [-0.4, -0.2) is 16.4 Å². The molecule has 0 bridgehead atoms. The Labute approximate surface area is 125 Å². The van der Waals surface area contributed by atoms with Crippen molar-refractivity contribution in [2.45, 2.75) is 33.2 Å². The number of pyridine rings is 1. The molecule has 0 saturated heterocycles. The molecule has 0 aliphatic rings. The lowest BCUT2D eigenvalue weighted by Crippen LogP contribution is -2.26. The topological polar surface area (TPSA) is 54.0 Å². The van der Waals surface area contributed by atoms with Crippen LogP contribution in [0.15, 0.2) is 42.6 Å². The van der Waals surface area contributed by atoms with Crippen LogP contribution in [0.1, 0.15) is 36.7 Å². The average Bonchev–Trinajstić information content (AvgIpc) is 2.40. The highest BCUT2D eigenvalue weighted by Gasteiger charge is 2.11. The summed E-state index contributed by atoms with van der Waals surface area (Å²) in [6, 6.07) is 11.2. The number of amides is 1. The van der Waals surface area contributed by atoms with E-state index in [1.807, 2.05) is 31.2 Å². The Balaban J connectivity index is 2.07.